The van der Waals surface area contributed by atoms with Gasteiger partial charge in [0.15, 0.2) is 0 Å². The molecule has 0 aliphatic rings. The fraction of sp³-hybridized carbons (Fsp3) is 0.538. The van der Waals surface area contributed by atoms with Crippen LogP contribution in [0.1, 0.15) is 32.4 Å². The van der Waals surface area contributed by atoms with E-state index in [0.717, 1.165) is 12.1 Å². The van der Waals surface area contributed by atoms with Gasteiger partial charge in [-0.05, 0) is 45.2 Å². The molecule has 1 rings (SSSR count). The Morgan fingerprint density at radius 2 is 2.00 bits per heavy atom. The van der Waals surface area contributed by atoms with Gasteiger partial charge in [0.05, 0.1) is 0 Å². The minimum atomic E-state index is 0.00789. The zero-order valence-electron chi connectivity index (χ0n) is 10.8. The Bertz CT molecular complexity index is 380. The van der Waals surface area contributed by atoms with Gasteiger partial charge in [0.1, 0.15) is 11.5 Å². The maximum Gasteiger partial charge on any atom is 0.120 e. The molecule has 17 heavy (non-hydrogen) atoms. The van der Waals surface area contributed by atoms with E-state index < -0.39 is 0 Å². The topological polar surface area (TPSA) is 52.5 Å². The molecule has 0 amide bonds. The molecule has 0 radical (unpaired) electrons. The van der Waals surface area contributed by atoms with E-state index in [1.54, 1.807) is 17.8 Å². The van der Waals surface area contributed by atoms with Crippen molar-refractivity contribution in [1.29, 1.82) is 0 Å². The summed E-state index contributed by atoms with van der Waals surface area (Å²) < 4.78 is 0.153. The summed E-state index contributed by atoms with van der Waals surface area (Å²) in [6, 6.07) is 4.60. The summed E-state index contributed by atoms with van der Waals surface area (Å²) in [5, 5.41) is 22.5. The van der Waals surface area contributed by atoms with Crippen LogP contribution < -0.4 is 5.32 Å². The number of phenolic OH excluding ortho intramolecular Hbond substituents is 2. The van der Waals surface area contributed by atoms with Crippen LogP contribution >= 0.6 is 11.8 Å². The molecule has 1 atom stereocenters. The largest absolute Gasteiger partial charge is 0.508 e. The summed E-state index contributed by atoms with van der Waals surface area (Å²) in [6.07, 6.45) is 2.08. The van der Waals surface area contributed by atoms with Gasteiger partial charge in [-0.15, -0.1) is 0 Å². The number of benzene rings is 1. The number of aromatic hydroxyl groups is 2. The summed E-state index contributed by atoms with van der Waals surface area (Å²) in [5.41, 5.74) is 0.724. The van der Waals surface area contributed by atoms with Gasteiger partial charge in [-0.1, -0.05) is 0 Å². The molecule has 0 saturated heterocycles. The van der Waals surface area contributed by atoms with Crippen LogP contribution in [0, 0.1) is 0 Å². The molecule has 0 spiro atoms. The van der Waals surface area contributed by atoms with Crippen LogP contribution in [0.5, 0.6) is 11.5 Å². The van der Waals surface area contributed by atoms with Crippen LogP contribution in [0.25, 0.3) is 0 Å². The minimum absolute atomic E-state index is 0.00789. The highest BCUT2D eigenvalue weighted by Gasteiger charge is 2.18. The van der Waals surface area contributed by atoms with Crippen LogP contribution in [0.15, 0.2) is 18.2 Å². The van der Waals surface area contributed by atoms with E-state index in [9.17, 15) is 10.2 Å². The van der Waals surface area contributed by atoms with Crippen LogP contribution in [-0.4, -0.2) is 27.8 Å². The summed E-state index contributed by atoms with van der Waals surface area (Å²) in [4.78, 5) is 0. The lowest BCUT2D eigenvalue weighted by atomic mass is 10.1. The van der Waals surface area contributed by atoms with Crippen LogP contribution in [-0.2, 0) is 0 Å². The highest BCUT2D eigenvalue weighted by molar-refractivity contribution is 7.99. The van der Waals surface area contributed by atoms with Gasteiger partial charge in [-0.25, -0.2) is 0 Å². The summed E-state index contributed by atoms with van der Waals surface area (Å²) in [5.74, 6) is 0.389. The highest BCUT2D eigenvalue weighted by atomic mass is 32.2. The summed E-state index contributed by atoms with van der Waals surface area (Å²) in [7, 11) is 0. The van der Waals surface area contributed by atoms with E-state index in [1.807, 2.05) is 6.92 Å². The first-order valence-electron chi connectivity index (χ1n) is 5.66. The van der Waals surface area contributed by atoms with Crippen molar-refractivity contribution in [3.05, 3.63) is 23.8 Å². The third-order valence-corrected chi connectivity index (χ3v) is 4.11. The second-order valence-electron chi connectivity index (χ2n) is 4.81. The molecular formula is C13H21NO2S. The standard InChI is InChI=1S/C13H21NO2S/c1-9(14-8-13(2,3)17-4)11-7-10(15)5-6-12(11)16/h5-7,9,14-16H,8H2,1-4H3. The SMILES string of the molecule is CSC(C)(C)CNC(C)c1cc(O)ccc1O. The molecule has 4 heteroatoms. The summed E-state index contributed by atoms with van der Waals surface area (Å²) >= 11 is 1.80. The number of nitrogens with one attached hydrogen (secondary N) is 1. The van der Waals surface area contributed by atoms with Crippen LogP contribution in [0.2, 0.25) is 0 Å². The summed E-state index contributed by atoms with van der Waals surface area (Å²) in [6.45, 7) is 7.15. The van der Waals surface area contributed by atoms with Crippen molar-refractivity contribution < 1.29 is 10.2 Å². The van der Waals surface area contributed by atoms with E-state index in [-0.39, 0.29) is 22.3 Å². The molecule has 0 fully saturated rings. The molecule has 0 bridgehead atoms. The predicted octanol–water partition coefficient (Wildman–Crippen LogP) is 2.89. The molecule has 0 saturated carbocycles. The number of rotatable bonds is 5. The maximum atomic E-state index is 9.74. The van der Waals surface area contributed by atoms with Crippen molar-refractivity contribution in [1.82, 2.24) is 5.32 Å². The molecule has 0 aliphatic heterocycles. The Kier molecular flexibility index (Phi) is 4.71. The third kappa shape index (κ3) is 4.13. The molecule has 3 N–H and O–H groups in total. The molecule has 1 aromatic rings. The van der Waals surface area contributed by atoms with Crippen molar-refractivity contribution in [2.24, 2.45) is 0 Å². The Labute approximate surface area is 107 Å². The van der Waals surface area contributed by atoms with Crippen LogP contribution in [0.3, 0.4) is 0 Å². The smallest absolute Gasteiger partial charge is 0.120 e. The second kappa shape index (κ2) is 5.65. The van der Waals surface area contributed by atoms with Gasteiger partial charge in [-0.2, -0.15) is 11.8 Å². The van der Waals surface area contributed by atoms with Crippen molar-refractivity contribution in [3.63, 3.8) is 0 Å². The first-order chi connectivity index (χ1) is 7.85. The van der Waals surface area contributed by atoms with Gasteiger partial charge in [-0.3, -0.25) is 0 Å². The number of hydrogen-bond donors (Lipinski definition) is 3. The monoisotopic (exact) mass is 255 g/mol. The highest BCUT2D eigenvalue weighted by Crippen LogP contribution is 2.28. The van der Waals surface area contributed by atoms with Crippen molar-refractivity contribution >= 4 is 11.8 Å². The maximum absolute atomic E-state index is 9.74. The molecule has 0 aromatic heterocycles. The van der Waals surface area contributed by atoms with Gasteiger partial charge in [0.2, 0.25) is 0 Å². The number of hydrogen-bond acceptors (Lipinski definition) is 4. The van der Waals surface area contributed by atoms with E-state index >= 15 is 0 Å². The molecule has 3 nitrogen and oxygen atoms in total. The first kappa shape index (κ1) is 14.2. The lowest BCUT2D eigenvalue weighted by molar-refractivity contribution is 0.437. The normalized spacial score (nSPS) is 13.6. The van der Waals surface area contributed by atoms with Crippen molar-refractivity contribution in [2.75, 3.05) is 12.8 Å². The predicted molar refractivity (Wildman–Crippen MR) is 73.8 cm³/mol. The minimum Gasteiger partial charge on any atom is -0.508 e. The van der Waals surface area contributed by atoms with E-state index in [0.29, 0.717) is 0 Å². The lowest BCUT2D eigenvalue weighted by Gasteiger charge is -2.25. The van der Waals surface area contributed by atoms with Crippen molar-refractivity contribution in [2.45, 2.75) is 31.6 Å². The first-order valence-corrected chi connectivity index (χ1v) is 6.88. The molecule has 0 aliphatic carbocycles. The zero-order chi connectivity index (χ0) is 13.1. The van der Waals surface area contributed by atoms with Gasteiger partial charge < -0.3 is 15.5 Å². The average Bonchev–Trinajstić information content (AvgIpc) is 2.29. The van der Waals surface area contributed by atoms with E-state index in [4.69, 9.17) is 0 Å². The van der Waals surface area contributed by atoms with E-state index in [1.165, 1.54) is 12.1 Å². The van der Waals surface area contributed by atoms with Gasteiger partial charge in [0.25, 0.3) is 0 Å². The van der Waals surface area contributed by atoms with Crippen LogP contribution in [0.4, 0.5) is 0 Å². The third-order valence-electron chi connectivity index (χ3n) is 2.86. The molecular weight excluding hydrogens is 234 g/mol. The van der Waals surface area contributed by atoms with Gasteiger partial charge in [0, 0.05) is 22.9 Å². The Morgan fingerprint density at radius 1 is 1.35 bits per heavy atom. The lowest BCUT2D eigenvalue weighted by Crippen LogP contribution is -2.33. The average molecular weight is 255 g/mol. The Morgan fingerprint density at radius 3 is 2.59 bits per heavy atom. The Balaban J connectivity index is 2.70. The molecule has 0 heterocycles. The fourth-order valence-corrected chi connectivity index (χ4v) is 1.70. The number of thioether (sulfide) groups is 1. The molecule has 1 aromatic carbocycles. The number of phenols is 2. The second-order valence-corrected chi connectivity index (χ2v) is 6.32. The molecule has 96 valence electrons. The zero-order valence-corrected chi connectivity index (χ0v) is 11.6. The Hall–Kier alpha value is -0.870. The van der Waals surface area contributed by atoms with Crippen molar-refractivity contribution in [3.8, 4) is 11.5 Å². The molecule has 1 unspecified atom stereocenters. The van der Waals surface area contributed by atoms with Gasteiger partial charge >= 0.3 is 0 Å². The quantitative estimate of drug-likeness (QED) is 0.708. The fourth-order valence-electron chi connectivity index (χ4n) is 1.47. The van der Waals surface area contributed by atoms with E-state index in [2.05, 4.69) is 25.4 Å².